The number of halogens is 5. The molecular formula is C16H11F5N2O2. The number of carbonyl (C=O) groups excluding carboxylic acids is 1. The number of aromatic nitrogens is 1. The number of hydrogen-bond donors (Lipinski definition) is 0. The summed E-state index contributed by atoms with van der Waals surface area (Å²) in [5.74, 6) is -3.34. The van der Waals surface area contributed by atoms with Crippen LogP contribution in [0, 0.1) is 11.6 Å². The van der Waals surface area contributed by atoms with Crippen LogP contribution in [0.5, 0.6) is 5.88 Å². The highest BCUT2D eigenvalue weighted by Gasteiger charge is 2.38. The predicted octanol–water partition coefficient (Wildman–Crippen LogP) is 3.28. The second kappa shape index (κ2) is 6.30. The molecule has 25 heavy (non-hydrogen) atoms. The molecule has 0 N–H and O–H groups in total. The van der Waals surface area contributed by atoms with Crippen LogP contribution < -0.4 is 4.74 Å². The van der Waals surface area contributed by atoms with Gasteiger partial charge in [0.15, 0.2) is 11.6 Å². The maximum absolute atomic E-state index is 13.2. The molecular weight excluding hydrogens is 347 g/mol. The van der Waals surface area contributed by atoms with E-state index in [9.17, 15) is 26.7 Å². The number of benzene rings is 1. The van der Waals surface area contributed by atoms with Gasteiger partial charge in [-0.15, -0.1) is 0 Å². The largest absolute Gasteiger partial charge is 0.470 e. The Labute approximate surface area is 138 Å². The zero-order chi connectivity index (χ0) is 18.2. The first-order chi connectivity index (χ1) is 11.8. The summed E-state index contributed by atoms with van der Waals surface area (Å²) in [4.78, 5) is 16.9. The fourth-order valence-electron chi connectivity index (χ4n) is 2.35. The van der Waals surface area contributed by atoms with Crippen molar-refractivity contribution in [2.45, 2.75) is 12.3 Å². The molecule has 3 rings (SSSR count). The Bertz CT molecular complexity index is 803. The second-order valence-electron chi connectivity index (χ2n) is 5.43. The minimum absolute atomic E-state index is 0.0195. The molecule has 0 aliphatic carbocycles. The number of amides is 1. The van der Waals surface area contributed by atoms with Gasteiger partial charge in [-0.3, -0.25) is 4.79 Å². The summed E-state index contributed by atoms with van der Waals surface area (Å²) < 4.78 is 69.8. The van der Waals surface area contributed by atoms with Crippen molar-refractivity contribution in [2.24, 2.45) is 0 Å². The van der Waals surface area contributed by atoms with Crippen molar-refractivity contribution >= 4 is 5.91 Å². The summed E-state index contributed by atoms with van der Waals surface area (Å²) in [6, 6.07) is 4.74. The van der Waals surface area contributed by atoms with E-state index in [1.54, 1.807) is 0 Å². The monoisotopic (exact) mass is 358 g/mol. The molecule has 0 bridgehead atoms. The number of likely N-dealkylation sites (tertiary alicyclic amines) is 1. The molecule has 1 aliphatic heterocycles. The van der Waals surface area contributed by atoms with Gasteiger partial charge in [-0.25, -0.2) is 13.8 Å². The molecule has 1 aromatic carbocycles. The number of hydrogen-bond acceptors (Lipinski definition) is 3. The van der Waals surface area contributed by atoms with Crippen molar-refractivity contribution in [3.05, 3.63) is 59.3 Å². The molecule has 2 heterocycles. The summed E-state index contributed by atoms with van der Waals surface area (Å²) in [7, 11) is 0. The quantitative estimate of drug-likeness (QED) is 0.791. The van der Waals surface area contributed by atoms with Crippen molar-refractivity contribution < 1.29 is 31.5 Å². The number of nitrogens with zero attached hydrogens (tertiary/aromatic N) is 2. The SMILES string of the molecule is O=C(c1ccc(F)c(F)c1)N1CC(Oc2ncccc2C(F)(F)F)C1. The summed E-state index contributed by atoms with van der Waals surface area (Å²) in [6.07, 6.45) is -4.09. The van der Waals surface area contributed by atoms with E-state index in [1.165, 1.54) is 11.1 Å². The van der Waals surface area contributed by atoms with Crippen LogP contribution in [0.3, 0.4) is 0 Å². The van der Waals surface area contributed by atoms with Gasteiger partial charge in [0.1, 0.15) is 11.7 Å². The second-order valence-corrected chi connectivity index (χ2v) is 5.43. The topological polar surface area (TPSA) is 42.4 Å². The van der Waals surface area contributed by atoms with Crippen LogP contribution in [0.2, 0.25) is 0 Å². The molecule has 0 unspecified atom stereocenters. The van der Waals surface area contributed by atoms with Crippen LogP contribution in [0.15, 0.2) is 36.5 Å². The highest BCUT2D eigenvalue weighted by molar-refractivity contribution is 5.94. The maximum atomic E-state index is 13.2. The Hall–Kier alpha value is -2.71. The molecule has 4 nitrogen and oxygen atoms in total. The molecule has 0 saturated carbocycles. The van der Waals surface area contributed by atoms with E-state index < -0.39 is 41.3 Å². The van der Waals surface area contributed by atoms with Crippen LogP contribution in [0.4, 0.5) is 22.0 Å². The molecule has 132 valence electrons. The van der Waals surface area contributed by atoms with Crippen molar-refractivity contribution in [2.75, 3.05) is 13.1 Å². The lowest BCUT2D eigenvalue weighted by atomic mass is 10.1. The van der Waals surface area contributed by atoms with Crippen LogP contribution in [-0.2, 0) is 6.18 Å². The van der Waals surface area contributed by atoms with Gasteiger partial charge in [0.2, 0.25) is 5.88 Å². The lowest BCUT2D eigenvalue weighted by Crippen LogP contribution is -2.56. The van der Waals surface area contributed by atoms with Crippen LogP contribution >= 0.6 is 0 Å². The first-order valence-electron chi connectivity index (χ1n) is 7.19. The lowest BCUT2D eigenvalue weighted by Gasteiger charge is -2.39. The summed E-state index contributed by atoms with van der Waals surface area (Å²) >= 11 is 0. The standard InChI is InChI=1S/C16H11F5N2O2/c17-12-4-3-9(6-13(12)18)15(24)23-7-10(8-23)25-14-11(16(19,20)21)2-1-5-22-14/h1-6,10H,7-8H2. The zero-order valence-corrected chi connectivity index (χ0v) is 12.6. The maximum Gasteiger partial charge on any atom is 0.421 e. The van der Waals surface area contributed by atoms with Crippen molar-refractivity contribution in [3.8, 4) is 5.88 Å². The van der Waals surface area contributed by atoms with E-state index in [0.29, 0.717) is 0 Å². The fourth-order valence-corrected chi connectivity index (χ4v) is 2.35. The van der Waals surface area contributed by atoms with Gasteiger partial charge in [-0.2, -0.15) is 13.2 Å². The Morgan fingerprint density at radius 3 is 2.52 bits per heavy atom. The molecule has 0 atom stereocenters. The summed E-state index contributed by atoms with van der Waals surface area (Å²) in [6.45, 7) is 0.0391. The van der Waals surface area contributed by atoms with E-state index in [4.69, 9.17) is 4.74 Å². The molecule has 1 aromatic heterocycles. The smallest absolute Gasteiger partial charge is 0.421 e. The third-order valence-electron chi connectivity index (χ3n) is 3.66. The Balaban J connectivity index is 1.64. The number of alkyl halides is 3. The molecule has 2 aromatic rings. The molecule has 1 fully saturated rings. The van der Waals surface area contributed by atoms with Crippen molar-refractivity contribution in [1.82, 2.24) is 9.88 Å². The van der Waals surface area contributed by atoms with Crippen LogP contribution in [0.1, 0.15) is 15.9 Å². The minimum atomic E-state index is -4.60. The Kier molecular flexibility index (Phi) is 4.32. The van der Waals surface area contributed by atoms with Gasteiger partial charge < -0.3 is 9.64 Å². The normalized spacial score (nSPS) is 15.0. The molecule has 1 aliphatic rings. The average molecular weight is 358 g/mol. The molecule has 9 heteroatoms. The average Bonchev–Trinajstić information content (AvgIpc) is 2.52. The third-order valence-corrected chi connectivity index (χ3v) is 3.66. The number of ether oxygens (including phenoxy) is 1. The zero-order valence-electron chi connectivity index (χ0n) is 12.6. The number of carbonyl (C=O) groups is 1. The van der Waals surface area contributed by atoms with E-state index in [0.717, 1.165) is 30.3 Å². The number of rotatable bonds is 3. The van der Waals surface area contributed by atoms with Crippen LogP contribution in [-0.4, -0.2) is 35.0 Å². The highest BCUT2D eigenvalue weighted by Crippen LogP contribution is 2.35. The molecule has 1 saturated heterocycles. The van der Waals surface area contributed by atoms with E-state index in [-0.39, 0.29) is 18.7 Å². The summed E-state index contributed by atoms with van der Waals surface area (Å²) in [5.41, 5.74) is -1.05. The van der Waals surface area contributed by atoms with E-state index in [1.807, 2.05) is 0 Å². The third kappa shape index (κ3) is 3.54. The van der Waals surface area contributed by atoms with Crippen molar-refractivity contribution in [3.63, 3.8) is 0 Å². The van der Waals surface area contributed by atoms with Crippen LogP contribution in [0.25, 0.3) is 0 Å². The van der Waals surface area contributed by atoms with Gasteiger partial charge in [-0.1, -0.05) is 0 Å². The molecule has 1 amide bonds. The van der Waals surface area contributed by atoms with Gasteiger partial charge in [0.05, 0.1) is 13.1 Å². The Morgan fingerprint density at radius 2 is 1.88 bits per heavy atom. The number of pyridine rings is 1. The lowest BCUT2D eigenvalue weighted by molar-refractivity contribution is -0.140. The van der Waals surface area contributed by atoms with Gasteiger partial charge >= 0.3 is 6.18 Å². The van der Waals surface area contributed by atoms with Gasteiger partial charge in [0.25, 0.3) is 5.91 Å². The minimum Gasteiger partial charge on any atom is -0.470 e. The van der Waals surface area contributed by atoms with E-state index in [2.05, 4.69) is 4.98 Å². The van der Waals surface area contributed by atoms with E-state index >= 15 is 0 Å². The first-order valence-corrected chi connectivity index (χ1v) is 7.19. The molecule has 0 radical (unpaired) electrons. The fraction of sp³-hybridized carbons (Fsp3) is 0.250. The first kappa shape index (κ1) is 17.1. The van der Waals surface area contributed by atoms with Gasteiger partial charge in [-0.05, 0) is 30.3 Å². The predicted molar refractivity (Wildman–Crippen MR) is 75.9 cm³/mol. The Morgan fingerprint density at radius 1 is 1.16 bits per heavy atom. The van der Waals surface area contributed by atoms with Gasteiger partial charge in [0, 0.05) is 11.8 Å². The molecule has 0 spiro atoms. The van der Waals surface area contributed by atoms with Crippen molar-refractivity contribution in [1.29, 1.82) is 0 Å². The highest BCUT2D eigenvalue weighted by atomic mass is 19.4. The summed E-state index contributed by atoms with van der Waals surface area (Å²) in [5, 5.41) is 0.